The largest absolute Gasteiger partial charge is 0.494 e. The van der Waals surface area contributed by atoms with Gasteiger partial charge in [0.1, 0.15) is 35.9 Å². The Morgan fingerprint density at radius 3 is 0.908 bits per heavy atom. The quantitative estimate of drug-likeness (QED) is 0.0271. The smallest absolute Gasteiger partial charge is 0.344 e. The number of hydrogen-bond donors (Lipinski definition) is 4. The fraction of sp³-hybridized carbons (Fsp3) is 0.733. The predicted molar refractivity (Wildman–Crippen MR) is 433 cm³/mol. The van der Waals surface area contributed by atoms with Crippen molar-refractivity contribution >= 4 is 71.6 Å². The van der Waals surface area contributed by atoms with E-state index < -0.39 is 158 Å². The topological polar surface area (TPSA) is 415 Å². The van der Waals surface area contributed by atoms with Gasteiger partial charge >= 0.3 is 71.6 Å². The van der Waals surface area contributed by atoms with Gasteiger partial charge in [-0.2, -0.15) is 0 Å². The van der Waals surface area contributed by atoms with Gasteiger partial charge < -0.3 is 86.7 Å². The van der Waals surface area contributed by atoms with E-state index in [0.717, 1.165) is 89.9 Å². The van der Waals surface area contributed by atoms with Crippen molar-refractivity contribution < 1.29 is 144 Å². The average molecular weight is 1700 g/mol. The van der Waals surface area contributed by atoms with Crippen LogP contribution in [0.5, 0.6) is 11.5 Å². The van der Waals surface area contributed by atoms with Gasteiger partial charge in [0.2, 0.25) is 0 Å². The second-order valence-corrected chi connectivity index (χ2v) is 32.3. The van der Waals surface area contributed by atoms with Gasteiger partial charge in [-0.15, -0.1) is 0 Å². The van der Waals surface area contributed by atoms with Crippen molar-refractivity contribution in [2.75, 3.05) is 66.1 Å². The molecule has 4 saturated carbocycles. The number of unbranched alkanes of at least 4 members (excludes halogenated alkanes) is 14. The molecule has 0 bridgehead atoms. The Morgan fingerprint density at radius 1 is 0.300 bits per heavy atom. The van der Waals surface area contributed by atoms with Crippen molar-refractivity contribution in [2.24, 2.45) is 35.5 Å². The number of hydrogen-bond acceptors (Lipinski definition) is 30. The molecule has 0 spiro atoms. The first kappa shape index (κ1) is 100. The number of benzene rings is 2. The number of aliphatic hydroxyl groups is 4. The highest BCUT2D eigenvalue weighted by Gasteiger charge is 2.42. The number of carbonyl (C=O) groups excluding carboxylic acids is 12. The Labute approximate surface area is 706 Å². The molecular formula is C90H134O30. The second-order valence-electron chi connectivity index (χ2n) is 32.3. The van der Waals surface area contributed by atoms with Crippen LogP contribution < -0.4 is 9.47 Å². The van der Waals surface area contributed by atoms with Crippen molar-refractivity contribution in [1.29, 1.82) is 0 Å². The average Bonchev–Trinajstić information content (AvgIpc) is 0.745. The Bertz CT molecular complexity index is 3180. The first-order chi connectivity index (χ1) is 57.9. The van der Waals surface area contributed by atoms with Crippen LogP contribution >= 0.6 is 0 Å². The van der Waals surface area contributed by atoms with E-state index in [-0.39, 0.29) is 126 Å². The van der Waals surface area contributed by atoms with E-state index in [9.17, 15) is 78.0 Å². The van der Waals surface area contributed by atoms with Crippen molar-refractivity contribution in [3.8, 4) is 11.5 Å². The molecule has 2 aromatic rings. The van der Waals surface area contributed by atoms with Gasteiger partial charge in [-0.05, 0) is 213 Å². The van der Waals surface area contributed by atoms with Crippen molar-refractivity contribution in [2.45, 2.75) is 321 Å². The van der Waals surface area contributed by atoms with Gasteiger partial charge in [-0.1, -0.05) is 91.9 Å². The minimum Gasteiger partial charge on any atom is -0.494 e. The molecule has 0 heterocycles. The summed E-state index contributed by atoms with van der Waals surface area (Å²) in [5.41, 5.74) is 0.515. The highest BCUT2D eigenvalue weighted by Crippen LogP contribution is 2.34. The lowest BCUT2D eigenvalue weighted by Crippen LogP contribution is -2.39. The number of carbonyl (C=O) groups is 12. The number of esters is 12. The lowest BCUT2D eigenvalue weighted by molar-refractivity contribution is -0.173. The third kappa shape index (κ3) is 40.0. The molecule has 0 aliphatic heterocycles. The maximum Gasteiger partial charge on any atom is 0.344 e. The SMILES string of the molecule is CCCCCCCC(=O)OC1CCC(COC(=O)CCCCCOC(=O)CC(C(=O)OCC(=O)OCC2CCC(OC(=O)c3ccc(OCCCC)cc3)C(O)C2)C(CC(=O)OCCCCCC(=O)OCC2CCC(OC(=O)CCCCCCC)C(O)C2)C(=O)OCC(=O)OCC2CCC(OC(=O)c3ccc(OCCCC)cc3)C(O)C2)CC1O. The second kappa shape index (κ2) is 57.7. The molecule has 120 heavy (non-hydrogen) atoms. The van der Waals surface area contributed by atoms with E-state index in [2.05, 4.69) is 13.8 Å². The zero-order valence-electron chi connectivity index (χ0n) is 71.0. The van der Waals surface area contributed by atoms with Gasteiger partial charge in [0.25, 0.3) is 0 Å². The van der Waals surface area contributed by atoms with Crippen LogP contribution in [0.4, 0.5) is 0 Å². The van der Waals surface area contributed by atoms with E-state index in [1.54, 1.807) is 48.5 Å². The van der Waals surface area contributed by atoms with Crippen LogP contribution in [0.1, 0.15) is 292 Å². The number of rotatable bonds is 57. The van der Waals surface area contributed by atoms with Crippen molar-refractivity contribution in [1.82, 2.24) is 0 Å². The Kier molecular flexibility index (Phi) is 48.3. The molecular weight excluding hydrogens is 1560 g/mol. The highest BCUT2D eigenvalue weighted by atomic mass is 16.6. The highest BCUT2D eigenvalue weighted by molar-refractivity contribution is 5.91. The van der Waals surface area contributed by atoms with E-state index in [4.69, 9.17) is 66.3 Å². The van der Waals surface area contributed by atoms with Crippen LogP contribution in [0.15, 0.2) is 48.5 Å². The molecule has 14 unspecified atom stereocenters. The van der Waals surface area contributed by atoms with Crippen LogP contribution in [0.25, 0.3) is 0 Å². The number of aliphatic hydroxyl groups excluding tert-OH is 4. The summed E-state index contributed by atoms with van der Waals surface area (Å²) in [6, 6.07) is 12.9. The summed E-state index contributed by atoms with van der Waals surface area (Å²) in [7, 11) is 0. The maximum absolute atomic E-state index is 14.4. The molecule has 674 valence electrons. The normalized spacial score (nSPS) is 22.0. The summed E-state index contributed by atoms with van der Waals surface area (Å²) in [6.07, 6.45) is 10.8. The molecule has 14 atom stereocenters. The molecule has 6 rings (SSSR count). The molecule has 0 aromatic heterocycles. The Morgan fingerprint density at radius 2 is 0.592 bits per heavy atom. The zero-order valence-corrected chi connectivity index (χ0v) is 71.0. The number of ether oxygens (including phenoxy) is 14. The maximum atomic E-state index is 14.4. The monoisotopic (exact) mass is 1690 g/mol. The van der Waals surface area contributed by atoms with Gasteiger partial charge in [0.15, 0.2) is 13.2 Å². The summed E-state index contributed by atoms with van der Waals surface area (Å²) in [5.74, 6) is -13.8. The molecule has 4 aliphatic carbocycles. The Balaban J connectivity index is 1.05. The summed E-state index contributed by atoms with van der Waals surface area (Å²) >= 11 is 0. The first-order valence-electron chi connectivity index (χ1n) is 44.2. The Hall–Kier alpha value is -8.48. The standard InChI is InChI=1S/C90H134O30/c1-5-9-13-15-19-27-81(97)117-75-41-29-61(49-71(75)91)55-111-79(95)25-21-17-23-47-109-83(99)53-69(89(105)115-59-85(101)113-57-63-31-43-77(73(93)51-63)119-87(103)65-33-37-67(38-34-65)107-45-11-7-3)70(54-84(100)110-48-24-18-22-26-80(96)112-56-62-30-42-76(72(92)50-62)118-82(98)28-20-16-14-10-6-2)90(106)116-60-86(102)114-58-64-32-44-78(74(94)52-64)120-88(104)66-35-39-68(40-36-66)108-46-12-8-4/h33-40,61-64,69-78,91-94H,5-32,41-60H2,1-4H3. The van der Waals surface area contributed by atoms with Crippen molar-refractivity contribution in [3.63, 3.8) is 0 Å². The van der Waals surface area contributed by atoms with Crippen LogP contribution in [0.2, 0.25) is 0 Å². The van der Waals surface area contributed by atoms with Gasteiger partial charge in [-0.25, -0.2) is 19.2 Å². The molecule has 0 radical (unpaired) electrons. The van der Waals surface area contributed by atoms with Gasteiger partial charge in [-0.3, -0.25) is 38.4 Å². The first-order valence-corrected chi connectivity index (χ1v) is 44.2. The fourth-order valence-corrected chi connectivity index (χ4v) is 14.9. The molecule has 30 heteroatoms. The summed E-state index contributed by atoms with van der Waals surface area (Å²) in [6.45, 7) is 6.36. The van der Waals surface area contributed by atoms with E-state index in [1.165, 1.54) is 0 Å². The molecule has 4 aliphatic rings. The van der Waals surface area contributed by atoms with Crippen LogP contribution in [0.3, 0.4) is 0 Å². The summed E-state index contributed by atoms with van der Waals surface area (Å²) < 4.78 is 77.7. The third-order valence-electron chi connectivity index (χ3n) is 22.2. The predicted octanol–water partition coefficient (Wildman–Crippen LogP) is 12.5. The fourth-order valence-electron chi connectivity index (χ4n) is 14.9. The summed E-state index contributed by atoms with van der Waals surface area (Å²) in [5, 5.41) is 43.7. The van der Waals surface area contributed by atoms with Crippen LogP contribution in [0, 0.1) is 35.5 Å². The van der Waals surface area contributed by atoms with Gasteiger partial charge in [0.05, 0.1) is 113 Å². The lowest BCUT2D eigenvalue weighted by atomic mass is 9.86. The minimum absolute atomic E-state index is 0.0129. The third-order valence-corrected chi connectivity index (χ3v) is 22.2. The molecule has 30 nitrogen and oxygen atoms in total. The van der Waals surface area contributed by atoms with E-state index in [1.807, 2.05) is 13.8 Å². The molecule has 0 amide bonds. The molecule has 2 aromatic carbocycles. The van der Waals surface area contributed by atoms with E-state index >= 15 is 0 Å². The van der Waals surface area contributed by atoms with Gasteiger partial charge in [0, 0.05) is 25.7 Å². The lowest BCUT2D eigenvalue weighted by Gasteiger charge is -2.32. The molecule has 0 saturated heterocycles. The summed E-state index contributed by atoms with van der Waals surface area (Å²) in [4.78, 5) is 160. The minimum atomic E-state index is -1.95. The van der Waals surface area contributed by atoms with Crippen LogP contribution in [-0.4, -0.2) is 207 Å². The van der Waals surface area contributed by atoms with Crippen LogP contribution in [-0.2, 0) is 105 Å². The zero-order chi connectivity index (χ0) is 86.8. The van der Waals surface area contributed by atoms with Crippen molar-refractivity contribution in [3.05, 3.63) is 59.7 Å². The molecule has 4 N–H and O–H groups in total. The molecule has 4 fully saturated rings. The van der Waals surface area contributed by atoms with E-state index in [0.29, 0.717) is 115 Å².